The van der Waals surface area contributed by atoms with Gasteiger partial charge >= 0.3 is 0 Å². The van der Waals surface area contributed by atoms with Crippen molar-refractivity contribution >= 4 is 33.2 Å². The summed E-state index contributed by atoms with van der Waals surface area (Å²) in [4.78, 5) is 13.2. The summed E-state index contributed by atoms with van der Waals surface area (Å²) < 4.78 is 27.4. The maximum Gasteiger partial charge on any atom is 0.243 e. The van der Waals surface area contributed by atoms with Crippen molar-refractivity contribution in [2.45, 2.75) is 49.5 Å². The Morgan fingerprint density at radius 3 is 2.57 bits per heavy atom. The van der Waals surface area contributed by atoms with E-state index in [1.54, 1.807) is 12.1 Å². The van der Waals surface area contributed by atoms with Gasteiger partial charge in [-0.1, -0.05) is 23.7 Å². The molecule has 0 radical (unpaired) electrons. The number of nitrogens with zero attached hydrogens (tertiary/aromatic N) is 1. The van der Waals surface area contributed by atoms with Gasteiger partial charge in [0.15, 0.2) is 0 Å². The number of carbonyl (C=O) groups excluding carboxylic acids is 1. The Kier molecular flexibility index (Phi) is 5.45. The maximum atomic E-state index is 13.0. The molecule has 0 spiro atoms. The summed E-state index contributed by atoms with van der Waals surface area (Å²) in [5.41, 5.74) is 3.28. The molecule has 1 aliphatic heterocycles. The average molecular weight is 419 g/mol. The number of hydrogen-bond acceptors (Lipinski definition) is 3. The second-order valence-corrected chi connectivity index (χ2v) is 9.69. The topological polar surface area (TPSA) is 66.5 Å². The molecule has 0 saturated carbocycles. The molecular weight excluding hydrogens is 396 g/mol. The van der Waals surface area contributed by atoms with E-state index in [9.17, 15) is 13.2 Å². The number of halogens is 1. The Bertz CT molecular complexity index is 989. The Balaban J connectivity index is 1.57. The molecule has 1 unspecified atom stereocenters. The normalized spacial score (nSPS) is 20.0. The number of amides is 1. The number of anilines is 1. The van der Waals surface area contributed by atoms with Crippen molar-refractivity contribution in [3.05, 3.63) is 58.6 Å². The van der Waals surface area contributed by atoms with Crippen LogP contribution in [0.25, 0.3) is 0 Å². The van der Waals surface area contributed by atoms with Crippen molar-refractivity contribution in [3.63, 3.8) is 0 Å². The minimum Gasteiger partial charge on any atom is -0.324 e. The molecule has 0 aromatic heterocycles. The molecule has 1 heterocycles. The highest BCUT2D eigenvalue weighted by Crippen LogP contribution is 2.30. The van der Waals surface area contributed by atoms with Crippen LogP contribution in [0, 0.1) is 0 Å². The van der Waals surface area contributed by atoms with E-state index in [1.165, 1.54) is 34.0 Å². The lowest BCUT2D eigenvalue weighted by Gasteiger charge is -2.25. The quantitative estimate of drug-likeness (QED) is 0.815. The van der Waals surface area contributed by atoms with Crippen LogP contribution in [-0.4, -0.2) is 31.2 Å². The molecular formula is C21H23ClN2O3S. The van der Waals surface area contributed by atoms with Crippen LogP contribution in [0.5, 0.6) is 0 Å². The van der Waals surface area contributed by atoms with Crippen LogP contribution in [-0.2, 0) is 27.7 Å². The number of rotatable bonds is 4. The summed E-state index contributed by atoms with van der Waals surface area (Å²) in [5, 5.41) is 3.48. The number of hydrogen-bond donors (Lipinski definition) is 1. The molecule has 4 rings (SSSR count). The van der Waals surface area contributed by atoms with Crippen molar-refractivity contribution in [3.8, 4) is 0 Å². The second-order valence-electron chi connectivity index (χ2n) is 7.37. The molecule has 1 fully saturated rings. The first kappa shape index (κ1) is 19.4. The number of benzene rings is 2. The van der Waals surface area contributed by atoms with Crippen LogP contribution in [0.1, 0.15) is 36.8 Å². The summed E-state index contributed by atoms with van der Waals surface area (Å²) in [5.74, 6) is -0.256. The van der Waals surface area contributed by atoms with Gasteiger partial charge in [0.1, 0.15) is 6.04 Å². The van der Waals surface area contributed by atoms with Gasteiger partial charge in [0.2, 0.25) is 15.9 Å². The van der Waals surface area contributed by atoms with E-state index in [4.69, 9.17) is 11.6 Å². The van der Waals surface area contributed by atoms with E-state index in [2.05, 4.69) is 11.4 Å². The zero-order valence-corrected chi connectivity index (χ0v) is 17.1. The lowest BCUT2D eigenvalue weighted by atomic mass is 9.90. The summed E-state index contributed by atoms with van der Waals surface area (Å²) in [7, 11) is -3.75. The molecule has 5 nitrogen and oxygen atoms in total. The predicted molar refractivity (Wildman–Crippen MR) is 110 cm³/mol. The summed E-state index contributed by atoms with van der Waals surface area (Å²) in [6.45, 7) is 0.343. The SMILES string of the molecule is O=C(Nc1cccc2c1CCCC2)C1CCCN1S(=O)(=O)c1ccc(Cl)cc1. The summed E-state index contributed by atoms with van der Waals surface area (Å²) >= 11 is 5.88. The van der Waals surface area contributed by atoms with Crippen LogP contribution >= 0.6 is 11.6 Å². The van der Waals surface area contributed by atoms with Crippen molar-refractivity contribution in [1.29, 1.82) is 0 Å². The molecule has 1 aliphatic carbocycles. The van der Waals surface area contributed by atoms with E-state index in [0.717, 1.165) is 24.9 Å². The first-order valence-corrected chi connectivity index (χ1v) is 11.5. The minimum absolute atomic E-state index is 0.161. The van der Waals surface area contributed by atoms with Crippen LogP contribution in [0.2, 0.25) is 5.02 Å². The largest absolute Gasteiger partial charge is 0.324 e. The highest BCUT2D eigenvalue weighted by Gasteiger charge is 2.39. The maximum absolute atomic E-state index is 13.0. The third kappa shape index (κ3) is 3.69. The smallest absolute Gasteiger partial charge is 0.243 e. The van der Waals surface area contributed by atoms with Crippen LogP contribution < -0.4 is 5.32 Å². The fourth-order valence-electron chi connectivity index (χ4n) is 4.15. The number of fused-ring (bicyclic) bond motifs is 1. The molecule has 148 valence electrons. The molecule has 7 heteroatoms. The summed E-state index contributed by atoms with van der Waals surface area (Å²) in [6, 6.07) is 11.4. The van der Waals surface area contributed by atoms with E-state index in [1.807, 2.05) is 12.1 Å². The molecule has 1 atom stereocenters. The molecule has 1 N–H and O–H groups in total. The standard InChI is InChI=1S/C21H23ClN2O3S/c22-16-10-12-17(13-11-16)28(26,27)24-14-4-9-20(24)21(25)23-19-8-3-6-15-5-1-2-7-18(15)19/h3,6,8,10-13,20H,1-2,4-5,7,9,14H2,(H,23,25). The Labute approximate surface area is 170 Å². The monoisotopic (exact) mass is 418 g/mol. The van der Waals surface area contributed by atoms with Crippen molar-refractivity contribution in [2.24, 2.45) is 0 Å². The van der Waals surface area contributed by atoms with Gasteiger partial charge in [-0.05, 0) is 80.0 Å². The first-order valence-electron chi connectivity index (χ1n) is 9.66. The van der Waals surface area contributed by atoms with Crippen molar-refractivity contribution in [1.82, 2.24) is 4.31 Å². The van der Waals surface area contributed by atoms with Gasteiger partial charge in [-0.15, -0.1) is 0 Å². The predicted octanol–water partition coefficient (Wildman–Crippen LogP) is 4.01. The lowest BCUT2D eigenvalue weighted by Crippen LogP contribution is -2.43. The number of nitrogens with one attached hydrogen (secondary N) is 1. The second kappa shape index (κ2) is 7.85. The molecule has 28 heavy (non-hydrogen) atoms. The van der Waals surface area contributed by atoms with Gasteiger partial charge in [0.25, 0.3) is 0 Å². The van der Waals surface area contributed by atoms with Crippen LogP contribution in [0.4, 0.5) is 5.69 Å². The Hall–Kier alpha value is -1.89. The fourth-order valence-corrected chi connectivity index (χ4v) is 5.93. The van der Waals surface area contributed by atoms with Gasteiger partial charge in [-0.2, -0.15) is 4.31 Å². The van der Waals surface area contributed by atoms with Gasteiger partial charge in [0, 0.05) is 17.3 Å². The fraction of sp³-hybridized carbons (Fsp3) is 0.381. The van der Waals surface area contributed by atoms with E-state index < -0.39 is 16.1 Å². The highest BCUT2D eigenvalue weighted by atomic mass is 35.5. The lowest BCUT2D eigenvalue weighted by molar-refractivity contribution is -0.119. The third-order valence-corrected chi connectivity index (χ3v) is 7.75. The number of sulfonamides is 1. The van der Waals surface area contributed by atoms with E-state index in [0.29, 0.717) is 24.4 Å². The van der Waals surface area contributed by atoms with Gasteiger partial charge in [0.05, 0.1) is 4.90 Å². The Morgan fingerprint density at radius 2 is 1.79 bits per heavy atom. The van der Waals surface area contributed by atoms with Crippen molar-refractivity contribution in [2.75, 3.05) is 11.9 Å². The third-order valence-electron chi connectivity index (χ3n) is 5.58. The zero-order chi connectivity index (χ0) is 19.7. The summed E-state index contributed by atoms with van der Waals surface area (Å²) in [6.07, 6.45) is 5.44. The Morgan fingerprint density at radius 1 is 1.04 bits per heavy atom. The van der Waals surface area contributed by atoms with E-state index in [-0.39, 0.29) is 10.8 Å². The van der Waals surface area contributed by atoms with Gasteiger partial charge in [-0.3, -0.25) is 4.79 Å². The molecule has 2 aromatic carbocycles. The average Bonchev–Trinajstić information content (AvgIpc) is 3.20. The number of aryl methyl sites for hydroxylation is 1. The molecule has 2 aliphatic rings. The zero-order valence-electron chi connectivity index (χ0n) is 15.5. The highest BCUT2D eigenvalue weighted by molar-refractivity contribution is 7.89. The van der Waals surface area contributed by atoms with Crippen molar-refractivity contribution < 1.29 is 13.2 Å². The van der Waals surface area contributed by atoms with Crippen LogP contribution in [0.15, 0.2) is 47.4 Å². The number of carbonyl (C=O) groups is 1. The van der Waals surface area contributed by atoms with E-state index >= 15 is 0 Å². The van der Waals surface area contributed by atoms with Gasteiger partial charge < -0.3 is 5.32 Å². The first-order chi connectivity index (χ1) is 13.5. The molecule has 1 amide bonds. The molecule has 0 bridgehead atoms. The van der Waals surface area contributed by atoms with Gasteiger partial charge in [-0.25, -0.2) is 8.42 Å². The molecule has 2 aromatic rings. The van der Waals surface area contributed by atoms with Crippen LogP contribution in [0.3, 0.4) is 0 Å². The minimum atomic E-state index is -3.75. The molecule has 1 saturated heterocycles.